The summed E-state index contributed by atoms with van der Waals surface area (Å²) in [5, 5.41) is 1.17. The van der Waals surface area contributed by atoms with Gasteiger partial charge >= 0.3 is 0 Å². The van der Waals surface area contributed by atoms with Gasteiger partial charge < -0.3 is 10.6 Å². The topological polar surface area (TPSA) is 42.2 Å². The second-order valence-electron chi connectivity index (χ2n) is 5.30. The molecule has 0 unspecified atom stereocenters. The first-order valence-electron chi connectivity index (χ1n) is 6.62. The maximum absolute atomic E-state index is 5.67. The lowest BCUT2D eigenvalue weighted by Gasteiger charge is -2.30. The molecule has 0 spiro atoms. The highest BCUT2D eigenvalue weighted by Gasteiger charge is 2.25. The van der Waals surface area contributed by atoms with Gasteiger partial charge in [-0.2, -0.15) is 0 Å². The third-order valence-electron chi connectivity index (χ3n) is 3.32. The molecule has 2 N–H and O–H groups in total. The average Bonchev–Trinajstić information content (AvgIpc) is 2.97. The van der Waals surface area contributed by atoms with Gasteiger partial charge in [0, 0.05) is 30.2 Å². The Morgan fingerprint density at radius 2 is 2.18 bits per heavy atom. The first kappa shape index (κ1) is 12.8. The maximum Gasteiger partial charge on any atom is 0.185 e. The van der Waals surface area contributed by atoms with Gasteiger partial charge in [0.05, 0.1) is 0 Å². The first-order valence-corrected chi connectivity index (χ1v) is 7.43. The van der Waals surface area contributed by atoms with Gasteiger partial charge in [0.1, 0.15) is 0 Å². The van der Waals surface area contributed by atoms with Gasteiger partial charge in [-0.1, -0.05) is 26.7 Å². The molecule has 0 aliphatic heterocycles. The van der Waals surface area contributed by atoms with Gasteiger partial charge in [-0.05, 0) is 18.8 Å². The van der Waals surface area contributed by atoms with E-state index in [-0.39, 0.29) is 0 Å². The Morgan fingerprint density at radius 1 is 1.47 bits per heavy atom. The number of rotatable bonds is 5. The third kappa shape index (κ3) is 3.19. The molecular weight excluding hydrogens is 230 g/mol. The van der Waals surface area contributed by atoms with E-state index >= 15 is 0 Å². The van der Waals surface area contributed by atoms with E-state index in [0.717, 1.165) is 6.54 Å². The molecule has 1 fully saturated rings. The third-order valence-corrected chi connectivity index (χ3v) is 4.37. The molecule has 1 aromatic heterocycles. The fraction of sp³-hybridized carbons (Fsp3) is 0.769. The molecule has 1 aliphatic carbocycles. The van der Waals surface area contributed by atoms with E-state index in [4.69, 9.17) is 5.73 Å². The van der Waals surface area contributed by atoms with Crippen molar-refractivity contribution in [3.8, 4) is 0 Å². The van der Waals surface area contributed by atoms with Crippen LogP contribution in [0, 0.1) is 5.92 Å². The lowest BCUT2D eigenvalue weighted by molar-refractivity contribution is 0.535. The number of thiazole rings is 1. The van der Waals surface area contributed by atoms with Crippen LogP contribution in [0.2, 0.25) is 0 Å². The average molecular weight is 253 g/mol. The van der Waals surface area contributed by atoms with Crippen LogP contribution >= 0.6 is 11.3 Å². The molecule has 0 saturated heterocycles. The molecule has 0 atom stereocenters. The van der Waals surface area contributed by atoms with E-state index in [1.54, 1.807) is 11.3 Å². The molecule has 3 nitrogen and oxygen atoms in total. The SMILES string of the molecule is CC(C)CN(c1ncc(CN)s1)C1CCCC1. The number of aromatic nitrogens is 1. The molecular formula is C13H23N3S. The van der Waals surface area contributed by atoms with Crippen LogP contribution in [-0.2, 0) is 6.54 Å². The van der Waals surface area contributed by atoms with Gasteiger partial charge in [0.2, 0.25) is 0 Å². The van der Waals surface area contributed by atoms with Crippen LogP contribution in [0.25, 0.3) is 0 Å². The summed E-state index contributed by atoms with van der Waals surface area (Å²) >= 11 is 1.76. The largest absolute Gasteiger partial charge is 0.345 e. The summed E-state index contributed by atoms with van der Waals surface area (Å²) in [4.78, 5) is 8.25. The fourth-order valence-electron chi connectivity index (χ4n) is 2.52. The van der Waals surface area contributed by atoms with Crippen molar-refractivity contribution in [2.45, 2.75) is 52.1 Å². The normalized spacial score (nSPS) is 16.9. The maximum atomic E-state index is 5.67. The molecule has 0 amide bonds. The molecule has 1 saturated carbocycles. The quantitative estimate of drug-likeness (QED) is 0.877. The first-order chi connectivity index (χ1) is 8.20. The Bertz CT molecular complexity index is 342. The van der Waals surface area contributed by atoms with Crippen molar-refractivity contribution < 1.29 is 0 Å². The summed E-state index contributed by atoms with van der Waals surface area (Å²) in [5.74, 6) is 0.681. The van der Waals surface area contributed by atoms with Crippen LogP contribution in [0.4, 0.5) is 5.13 Å². The van der Waals surface area contributed by atoms with Gasteiger partial charge in [-0.25, -0.2) is 4.98 Å². The number of anilines is 1. The van der Waals surface area contributed by atoms with Crippen molar-refractivity contribution in [3.05, 3.63) is 11.1 Å². The molecule has 0 aromatic carbocycles. The summed E-state index contributed by atoms with van der Waals surface area (Å²) in [6.45, 7) is 6.28. The fourth-order valence-corrected chi connectivity index (χ4v) is 3.39. The molecule has 1 heterocycles. The van der Waals surface area contributed by atoms with E-state index < -0.39 is 0 Å². The number of hydrogen-bond donors (Lipinski definition) is 1. The summed E-state index contributed by atoms with van der Waals surface area (Å²) < 4.78 is 0. The lowest BCUT2D eigenvalue weighted by atomic mass is 10.1. The van der Waals surface area contributed by atoms with E-state index in [0.29, 0.717) is 18.5 Å². The summed E-state index contributed by atoms with van der Waals surface area (Å²) in [5.41, 5.74) is 5.67. The Balaban J connectivity index is 2.13. The van der Waals surface area contributed by atoms with E-state index in [1.807, 2.05) is 6.20 Å². The second kappa shape index (κ2) is 5.83. The highest BCUT2D eigenvalue weighted by molar-refractivity contribution is 7.15. The van der Waals surface area contributed by atoms with Gasteiger partial charge in [0.25, 0.3) is 0 Å². The van der Waals surface area contributed by atoms with Crippen molar-refractivity contribution in [2.24, 2.45) is 11.7 Å². The van der Waals surface area contributed by atoms with Crippen LogP contribution in [-0.4, -0.2) is 17.6 Å². The number of nitrogens with zero attached hydrogens (tertiary/aromatic N) is 2. The standard InChI is InChI=1S/C13H23N3S/c1-10(2)9-16(11-5-3-4-6-11)13-15-8-12(7-14)17-13/h8,10-11H,3-7,9,14H2,1-2H3. The molecule has 17 heavy (non-hydrogen) atoms. The molecule has 96 valence electrons. The van der Waals surface area contributed by atoms with Crippen LogP contribution in [0.15, 0.2) is 6.20 Å². The van der Waals surface area contributed by atoms with Gasteiger partial charge in [-0.3, -0.25) is 0 Å². The van der Waals surface area contributed by atoms with Gasteiger partial charge in [0.15, 0.2) is 5.13 Å². The van der Waals surface area contributed by atoms with E-state index in [2.05, 4.69) is 23.7 Å². The van der Waals surface area contributed by atoms with Crippen LogP contribution in [0.3, 0.4) is 0 Å². The highest BCUT2D eigenvalue weighted by Crippen LogP contribution is 2.31. The zero-order chi connectivity index (χ0) is 12.3. The Hall–Kier alpha value is -0.610. The van der Waals surface area contributed by atoms with Crippen molar-refractivity contribution >= 4 is 16.5 Å². The second-order valence-corrected chi connectivity index (χ2v) is 6.39. The van der Waals surface area contributed by atoms with Crippen molar-refractivity contribution in [1.82, 2.24) is 4.98 Å². The smallest absolute Gasteiger partial charge is 0.185 e. The zero-order valence-corrected chi connectivity index (χ0v) is 11.7. The lowest BCUT2D eigenvalue weighted by Crippen LogP contribution is -2.36. The molecule has 1 aliphatic rings. The van der Waals surface area contributed by atoms with Gasteiger partial charge in [-0.15, -0.1) is 11.3 Å². The molecule has 2 rings (SSSR count). The summed E-state index contributed by atoms with van der Waals surface area (Å²) in [6, 6.07) is 0.703. The Kier molecular flexibility index (Phi) is 4.40. The van der Waals surface area contributed by atoms with Crippen molar-refractivity contribution in [2.75, 3.05) is 11.4 Å². The predicted octanol–water partition coefficient (Wildman–Crippen LogP) is 3.01. The van der Waals surface area contributed by atoms with Crippen LogP contribution < -0.4 is 10.6 Å². The molecule has 1 aromatic rings. The van der Waals surface area contributed by atoms with Crippen molar-refractivity contribution in [3.63, 3.8) is 0 Å². The number of nitrogens with two attached hydrogens (primary N) is 1. The van der Waals surface area contributed by atoms with Crippen LogP contribution in [0.1, 0.15) is 44.4 Å². The monoisotopic (exact) mass is 253 g/mol. The molecule has 0 bridgehead atoms. The predicted molar refractivity (Wildman–Crippen MR) is 74.4 cm³/mol. The summed E-state index contributed by atoms with van der Waals surface area (Å²) in [6.07, 6.45) is 7.32. The van der Waals surface area contributed by atoms with E-state index in [9.17, 15) is 0 Å². The summed E-state index contributed by atoms with van der Waals surface area (Å²) in [7, 11) is 0. The Labute approximate surface area is 108 Å². The zero-order valence-electron chi connectivity index (χ0n) is 10.9. The van der Waals surface area contributed by atoms with Crippen molar-refractivity contribution in [1.29, 1.82) is 0 Å². The Morgan fingerprint density at radius 3 is 2.71 bits per heavy atom. The minimum absolute atomic E-state index is 0.609. The highest BCUT2D eigenvalue weighted by atomic mass is 32.1. The molecule has 4 heteroatoms. The minimum atomic E-state index is 0.609. The minimum Gasteiger partial charge on any atom is -0.345 e. The molecule has 0 radical (unpaired) electrons. The number of hydrogen-bond acceptors (Lipinski definition) is 4. The van der Waals surface area contributed by atoms with Crippen LogP contribution in [0.5, 0.6) is 0 Å². The van der Waals surface area contributed by atoms with E-state index in [1.165, 1.54) is 35.7 Å².